The normalized spacial score (nSPS) is 14.9. The zero-order valence-corrected chi connectivity index (χ0v) is 16.0. The average Bonchev–Trinajstić information content (AvgIpc) is 3.24. The van der Waals surface area contributed by atoms with E-state index in [-0.39, 0.29) is 16.1 Å². The van der Waals surface area contributed by atoms with Crippen molar-refractivity contribution in [3.63, 3.8) is 0 Å². The number of anilines is 1. The van der Waals surface area contributed by atoms with Crippen LogP contribution in [0.5, 0.6) is 0 Å². The van der Waals surface area contributed by atoms with E-state index in [2.05, 4.69) is 10.5 Å². The van der Waals surface area contributed by atoms with Gasteiger partial charge in [0.05, 0.1) is 21.6 Å². The molecule has 152 valence electrons. The fourth-order valence-corrected chi connectivity index (χ4v) is 4.51. The molecule has 3 rings (SSSR count). The van der Waals surface area contributed by atoms with Gasteiger partial charge in [0.1, 0.15) is 5.69 Å². The van der Waals surface area contributed by atoms with Gasteiger partial charge in [0.2, 0.25) is 10.0 Å². The molecule has 0 radical (unpaired) electrons. The van der Waals surface area contributed by atoms with Crippen LogP contribution in [0.2, 0.25) is 0 Å². The summed E-state index contributed by atoms with van der Waals surface area (Å²) >= 11 is 0. The highest BCUT2D eigenvalue weighted by atomic mass is 32.2. The van der Waals surface area contributed by atoms with Crippen LogP contribution >= 0.6 is 0 Å². The van der Waals surface area contributed by atoms with E-state index < -0.39 is 26.6 Å². The highest BCUT2D eigenvalue weighted by Gasteiger charge is 2.29. The molecule has 0 unspecified atom stereocenters. The lowest BCUT2D eigenvalue weighted by molar-refractivity contribution is -0.384. The third-order valence-electron chi connectivity index (χ3n) is 4.45. The van der Waals surface area contributed by atoms with Crippen molar-refractivity contribution in [2.45, 2.75) is 17.7 Å². The number of nitro groups is 1. The molecule has 1 saturated heterocycles. The Balaban J connectivity index is 1.87. The third kappa shape index (κ3) is 4.41. The molecule has 0 aromatic heterocycles. The molecule has 29 heavy (non-hydrogen) atoms. The summed E-state index contributed by atoms with van der Waals surface area (Å²) < 4.78 is 26.5. The monoisotopic (exact) mass is 418 g/mol. The predicted octanol–water partition coefficient (Wildman–Crippen LogP) is 2.52. The van der Waals surface area contributed by atoms with E-state index in [4.69, 9.17) is 5.11 Å². The van der Waals surface area contributed by atoms with Crippen molar-refractivity contribution in [3.8, 4) is 0 Å². The zero-order valence-electron chi connectivity index (χ0n) is 15.2. The lowest BCUT2D eigenvalue weighted by atomic mass is 10.1. The molecule has 0 atom stereocenters. The first-order chi connectivity index (χ1) is 13.8. The Morgan fingerprint density at radius 1 is 1.21 bits per heavy atom. The number of carboxylic acids is 1. The van der Waals surface area contributed by atoms with Crippen molar-refractivity contribution in [2.75, 3.05) is 18.5 Å². The van der Waals surface area contributed by atoms with Crippen molar-refractivity contribution in [2.24, 2.45) is 5.10 Å². The van der Waals surface area contributed by atoms with Crippen molar-refractivity contribution in [1.82, 2.24) is 4.31 Å². The number of carboxylic acid groups (broad SMARTS) is 1. The first-order valence-corrected chi connectivity index (χ1v) is 10.1. The standard InChI is InChI=1S/C18H18N4O6S/c23-18(24)15-6-2-1-5-13(15)12-19-20-16-8-7-14(11-17(16)22(25)26)29(27,28)21-9-3-4-10-21/h1-2,5-8,11-12,20H,3-4,9-10H2,(H,23,24)/b19-12+. The second-order valence-corrected chi connectivity index (χ2v) is 8.25. The number of sulfonamides is 1. The molecular weight excluding hydrogens is 400 g/mol. The molecule has 2 N–H and O–H groups in total. The fraction of sp³-hybridized carbons (Fsp3) is 0.222. The van der Waals surface area contributed by atoms with Gasteiger partial charge in [-0.25, -0.2) is 13.2 Å². The summed E-state index contributed by atoms with van der Waals surface area (Å²) in [5.74, 6) is -1.13. The van der Waals surface area contributed by atoms with Crippen LogP contribution in [0.3, 0.4) is 0 Å². The average molecular weight is 418 g/mol. The zero-order chi connectivity index (χ0) is 21.0. The first kappa shape index (κ1) is 20.4. The molecule has 1 aliphatic heterocycles. The molecule has 2 aromatic rings. The summed E-state index contributed by atoms with van der Waals surface area (Å²) in [4.78, 5) is 21.8. The van der Waals surface area contributed by atoms with E-state index in [0.29, 0.717) is 18.7 Å². The number of nitrogens with one attached hydrogen (secondary N) is 1. The van der Waals surface area contributed by atoms with Crippen molar-refractivity contribution >= 4 is 33.6 Å². The number of benzene rings is 2. The van der Waals surface area contributed by atoms with E-state index in [1.807, 2.05) is 0 Å². The second kappa shape index (κ2) is 8.37. The van der Waals surface area contributed by atoms with Crippen LogP contribution < -0.4 is 5.43 Å². The Hall–Kier alpha value is -3.31. The summed E-state index contributed by atoms with van der Waals surface area (Å²) in [7, 11) is -3.79. The van der Waals surface area contributed by atoms with Crippen LogP contribution in [0.25, 0.3) is 0 Å². The quantitative estimate of drug-likeness (QED) is 0.399. The number of rotatable bonds is 7. The van der Waals surface area contributed by atoms with Gasteiger partial charge in [-0.2, -0.15) is 9.41 Å². The first-order valence-electron chi connectivity index (χ1n) is 8.70. The van der Waals surface area contributed by atoms with E-state index in [0.717, 1.165) is 18.9 Å². The van der Waals surface area contributed by atoms with Gasteiger partial charge in [0.15, 0.2) is 0 Å². The lowest BCUT2D eigenvalue weighted by Gasteiger charge is -2.15. The van der Waals surface area contributed by atoms with Crippen LogP contribution in [-0.2, 0) is 10.0 Å². The number of hydrogen-bond donors (Lipinski definition) is 2. The van der Waals surface area contributed by atoms with Crippen molar-refractivity contribution < 1.29 is 23.2 Å². The Labute approximate surface area is 166 Å². The van der Waals surface area contributed by atoms with Gasteiger partial charge in [-0.1, -0.05) is 18.2 Å². The SMILES string of the molecule is O=C(O)c1ccccc1/C=N/Nc1ccc(S(=O)(=O)N2CCCC2)cc1[N+](=O)[O-]. The van der Waals surface area contributed by atoms with E-state index >= 15 is 0 Å². The van der Waals surface area contributed by atoms with Crippen molar-refractivity contribution in [3.05, 3.63) is 63.7 Å². The van der Waals surface area contributed by atoms with Gasteiger partial charge in [0, 0.05) is 24.7 Å². The van der Waals surface area contributed by atoms with Gasteiger partial charge in [-0.15, -0.1) is 0 Å². The summed E-state index contributed by atoms with van der Waals surface area (Å²) in [6, 6.07) is 9.69. The highest BCUT2D eigenvalue weighted by molar-refractivity contribution is 7.89. The second-order valence-electron chi connectivity index (χ2n) is 6.31. The van der Waals surface area contributed by atoms with Gasteiger partial charge in [-0.05, 0) is 31.0 Å². The summed E-state index contributed by atoms with van der Waals surface area (Å²) in [5, 5.41) is 24.5. The number of hydrazone groups is 1. The Kier molecular flexibility index (Phi) is 5.89. The number of hydrogen-bond acceptors (Lipinski definition) is 7. The molecule has 0 aliphatic carbocycles. The minimum atomic E-state index is -3.79. The van der Waals surface area contributed by atoms with Crippen LogP contribution in [0, 0.1) is 10.1 Å². The van der Waals surface area contributed by atoms with Gasteiger partial charge in [-0.3, -0.25) is 15.5 Å². The molecular formula is C18H18N4O6S. The van der Waals surface area contributed by atoms with Crippen LogP contribution in [-0.4, -0.2) is 48.0 Å². The number of aromatic carboxylic acids is 1. The Morgan fingerprint density at radius 3 is 2.55 bits per heavy atom. The van der Waals surface area contributed by atoms with Crippen LogP contribution in [0.1, 0.15) is 28.8 Å². The third-order valence-corrected chi connectivity index (χ3v) is 6.34. The molecule has 1 heterocycles. The maximum absolute atomic E-state index is 12.6. The minimum Gasteiger partial charge on any atom is -0.478 e. The summed E-state index contributed by atoms with van der Waals surface area (Å²) in [6.45, 7) is 0.785. The van der Waals surface area contributed by atoms with Crippen molar-refractivity contribution in [1.29, 1.82) is 0 Å². The molecule has 0 spiro atoms. The highest BCUT2D eigenvalue weighted by Crippen LogP contribution is 2.30. The number of nitro benzene ring substituents is 1. The summed E-state index contributed by atoms with van der Waals surface area (Å²) in [6.07, 6.45) is 2.74. The lowest BCUT2D eigenvalue weighted by Crippen LogP contribution is -2.27. The topological polar surface area (TPSA) is 142 Å². The van der Waals surface area contributed by atoms with Crippen LogP contribution in [0.4, 0.5) is 11.4 Å². The van der Waals surface area contributed by atoms with Gasteiger partial charge in [0.25, 0.3) is 5.69 Å². The van der Waals surface area contributed by atoms with E-state index in [1.165, 1.54) is 34.8 Å². The van der Waals surface area contributed by atoms with Gasteiger partial charge >= 0.3 is 5.97 Å². The maximum Gasteiger partial charge on any atom is 0.336 e. The Morgan fingerprint density at radius 2 is 1.90 bits per heavy atom. The number of carbonyl (C=O) groups is 1. The number of nitrogens with zero attached hydrogens (tertiary/aromatic N) is 3. The predicted molar refractivity (Wildman–Crippen MR) is 106 cm³/mol. The molecule has 2 aromatic carbocycles. The molecule has 1 aliphatic rings. The molecule has 0 bridgehead atoms. The van der Waals surface area contributed by atoms with Crippen LogP contribution in [0.15, 0.2) is 52.5 Å². The summed E-state index contributed by atoms with van der Waals surface area (Å²) in [5.41, 5.74) is 2.36. The molecule has 11 heteroatoms. The smallest absolute Gasteiger partial charge is 0.336 e. The molecule has 10 nitrogen and oxygen atoms in total. The molecule has 1 fully saturated rings. The maximum atomic E-state index is 12.6. The Bertz CT molecular complexity index is 1080. The fourth-order valence-electron chi connectivity index (χ4n) is 2.97. The van der Waals surface area contributed by atoms with E-state index in [9.17, 15) is 23.3 Å². The van der Waals surface area contributed by atoms with Gasteiger partial charge < -0.3 is 5.11 Å². The van der Waals surface area contributed by atoms with E-state index in [1.54, 1.807) is 12.1 Å². The molecule has 0 saturated carbocycles. The minimum absolute atomic E-state index is 0.0144. The molecule has 0 amide bonds. The largest absolute Gasteiger partial charge is 0.478 e.